The van der Waals surface area contributed by atoms with E-state index < -0.39 is 0 Å². The van der Waals surface area contributed by atoms with Gasteiger partial charge in [-0.05, 0) is 110 Å². The average Bonchev–Trinajstić information content (AvgIpc) is 3.64. The van der Waals surface area contributed by atoms with Gasteiger partial charge in [-0.15, -0.1) is 11.3 Å². The van der Waals surface area contributed by atoms with E-state index in [2.05, 4.69) is 217 Å². The first-order chi connectivity index (χ1) is 26.7. The minimum absolute atomic E-state index is 1.12. The third kappa shape index (κ3) is 5.93. The predicted octanol–water partition coefficient (Wildman–Crippen LogP) is 15.3. The molecule has 0 saturated carbocycles. The highest BCUT2D eigenvalue weighted by Gasteiger charge is 2.19. The lowest BCUT2D eigenvalue weighted by atomic mass is 9.97. The van der Waals surface area contributed by atoms with Crippen molar-refractivity contribution in [3.8, 4) is 44.5 Å². The smallest absolute Gasteiger partial charge is 0.0554 e. The number of rotatable bonds is 7. The molecule has 0 fully saturated rings. The maximum Gasteiger partial charge on any atom is 0.0554 e. The Balaban J connectivity index is 1.07. The molecule has 10 aromatic rings. The molecule has 0 spiro atoms. The fourth-order valence-corrected chi connectivity index (χ4v) is 8.85. The second-order valence-electron chi connectivity index (χ2n) is 13.8. The summed E-state index contributed by atoms with van der Waals surface area (Å²) >= 11 is 1.86. The Bertz CT molecular complexity index is 2910. The molecule has 2 heteroatoms. The van der Waals surface area contributed by atoms with Crippen molar-refractivity contribution in [1.29, 1.82) is 0 Å². The average molecular weight is 706 g/mol. The van der Waals surface area contributed by atoms with Gasteiger partial charge in [0.05, 0.1) is 5.69 Å². The molecule has 1 nitrogen and oxygen atoms in total. The highest BCUT2D eigenvalue weighted by molar-refractivity contribution is 7.26. The van der Waals surface area contributed by atoms with Crippen molar-refractivity contribution in [2.45, 2.75) is 0 Å². The Morgan fingerprint density at radius 1 is 0.296 bits per heavy atom. The SMILES string of the molecule is c1ccc(-c2ccc(-c3cccc(N(c4ccc(-c5ccc6ccc(-c7ccccc7)cc6c5)cc4)c4cccc5sc6ccccc6c45)c3)cc2)cc1. The van der Waals surface area contributed by atoms with Crippen LogP contribution in [0, 0.1) is 0 Å². The van der Waals surface area contributed by atoms with Crippen LogP contribution in [0.15, 0.2) is 212 Å². The molecule has 9 aromatic carbocycles. The van der Waals surface area contributed by atoms with E-state index in [0.29, 0.717) is 0 Å². The number of nitrogens with zero attached hydrogens (tertiary/aromatic N) is 1. The standard InChI is InChI=1S/C52H35NS/c1-3-11-36(12-4-1)38-21-23-39(24-22-38)42-15-9-16-47(35-42)53(49-18-10-20-51-52(49)48-17-7-8-19-50(48)54-51)46-31-29-40(30-32-46)44-28-26-41-25-27-43(33-45(41)34-44)37-13-5-2-6-14-37/h1-35H. The fourth-order valence-electron chi connectivity index (χ4n) is 7.72. The lowest BCUT2D eigenvalue weighted by Gasteiger charge is -2.27. The Morgan fingerprint density at radius 3 is 1.46 bits per heavy atom. The van der Waals surface area contributed by atoms with Crippen molar-refractivity contribution < 1.29 is 0 Å². The van der Waals surface area contributed by atoms with Gasteiger partial charge in [-0.1, -0.05) is 158 Å². The first-order valence-corrected chi connectivity index (χ1v) is 19.2. The number of thiophene rings is 1. The van der Waals surface area contributed by atoms with Crippen LogP contribution in [0.2, 0.25) is 0 Å². The predicted molar refractivity (Wildman–Crippen MR) is 233 cm³/mol. The topological polar surface area (TPSA) is 3.24 Å². The van der Waals surface area contributed by atoms with E-state index in [1.807, 2.05) is 11.3 Å². The molecule has 0 N–H and O–H groups in total. The molecular formula is C52H35NS. The minimum atomic E-state index is 1.12. The summed E-state index contributed by atoms with van der Waals surface area (Å²) in [6.45, 7) is 0. The molecule has 0 amide bonds. The molecule has 0 atom stereocenters. The second kappa shape index (κ2) is 13.7. The minimum Gasteiger partial charge on any atom is -0.310 e. The summed E-state index contributed by atoms with van der Waals surface area (Å²) in [5.41, 5.74) is 13.1. The molecule has 1 heterocycles. The van der Waals surface area contributed by atoms with Gasteiger partial charge in [-0.3, -0.25) is 0 Å². The maximum atomic E-state index is 2.43. The maximum absolute atomic E-state index is 2.43. The van der Waals surface area contributed by atoms with E-state index in [4.69, 9.17) is 0 Å². The van der Waals surface area contributed by atoms with Gasteiger partial charge < -0.3 is 4.90 Å². The molecular weight excluding hydrogens is 671 g/mol. The Labute approximate surface area is 319 Å². The van der Waals surface area contributed by atoms with Crippen molar-refractivity contribution in [2.24, 2.45) is 0 Å². The van der Waals surface area contributed by atoms with E-state index in [0.717, 1.165) is 11.4 Å². The van der Waals surface area contributed by atoms with Crippen molar-refractivity contribution in [3.63, 3.8) is 0 Å². The monoisotopic (exact) mass is 705 g/mol. The second-order valence-corrected chi connectivity index (χ2v) is 14.9. The summed E-state index contributed by atoms with van der Waals surface area (Å²) in [5.74, 6) is 0. The summed E-state index contributed by atoms with van der Waals surface area (Å²) < 4.78 is 2.59. The third-order valence-electron chi connectivity index (χ3n) is 10.5. The Morgan fingerprint density at radius 2 is 0.778 bits per heavy atom. The molecule has 0 aliphatic carbocycles. The Hall–Kier alpha value is -6.74. The van der Waals surface area contributed by atoms with Crippen molar-refractivity contribution >= 4 is 59.3 Å². The Kier molecular flexibility index (Phi) is 8.09. The molecule has 54 heavy (non-hydrogen) atoms. The molecule has 0 aliphatic rings. The van der Waals surface area contributed by atoms with Crippen LogP contribution in [-0.2, 0) is 0 Å². The first kappa shape index (κ1) is 32.0. The van der Waals surface area contributed by atoms with E-state index in [9.17, 15) is 0 Å². The number of hydrogen-bond donors (Lipinski definition) is 0. The van der Waals surface area contributed by atoms with Crippen LogP contribution in [0.4, 0.5) is 17.1 Å². The summed E-state index contributed by atoms with van der Waals surface area (Å²) in [6, 6.07) is 77.2. The van der Waals surface area contributed by atoms with Gasteiger partial charge in [0.1, 0.15) is 0 Å². The van der Waals surface area contributed by atoms with E-state index in [-0.39, 0.29) is 0 Å². The molecule has 0 bridgehead atoms. The fraction of sp³-hybridized carbons (Fsp3) is 0. The summed E-state index contributed by atoms with van der Waals surface area (Å²) in [7, 11) is 0. The molecule has 0 radical (unpaired) electrons. The summed E-state index contributed by atoms with van der Waals surface area (Å²) in [5, 5.41) is 5.05. The van der Waals surface area contributed by atoms with Gasteiger partial charge in [-0.25, -0.2) is 0 Å². The number of anilines is 3. The summed E-state index contributed by atoms with van der Waals surface area (Å²) in [6.07, 6.45) is 0. The number of benzene rings is 9. The van der Waals surface area contributed by atoms with Gasteiger partial charge >= 0.3 is 0 Å². The number of hydrogen-bond acceptors (Lipinski definition) is 2. The first-order valence-electron chi connectivity index (χ1n) is 18.4. The third-order valence-corrected chi connectivity index (χ3v) is 11.6. The largest absolute Gasteiger partial charge is 0.310 e. The van der Waals surface area contributed by atoms with E-state index in [1.165, 1.54) is 81.1 Å². The molecule has 0 aliphatic heterocycles. The zero-order chi connectivity index (χ0) is 35.8. The molecule has 10 rings (SSSR count). The van der Waals surface area contributed by atoms with Crippen LogP contribution in [-0.4, -0.2) is 0 Å². The molecule has 254 valence electrons. The van der Waals surface area contributed by atoms with Crippen LogP contribution in [0.3, 0.4) is 0 Å². The van der Waals surface area contributed by atoms with Gasteiger partial charge in [-0.2, -0.15) is 0 Å². The van der Waals surface area contributed by atoms with Crippen molar-refractivity contribution in [2.75, 3.05) is 4.90 Å². The zero-order valence-electron chi connectivity index (χ0n) is 29.6. The highest BCUT2D eigenvalue weighted by atomic mass is 32.1. The van der Waals surface area contributed by atoms with E-state index in [1.54, 1.807) is 0 Å². The van der Waals surface area contributed by atoms with Crippen LogP contribution < -0.4 is 4.90 Å². The van der Waals surface area contributed by atoms with Crippen LogP contribution in [0.25, 0.3) is 75.5 Å². The molecule has 1 aromatic heterocycles. The van der Waals surface area contributed by atoms with Gasteiger partial charge in [0.15, 0.2) is 0 Å². The van der Waals surface area contributed by atoms with Crippen molar-refractivity contribution in [1.82, 2.24) is 0 Å². The zero-order valence-corrected chi connectivity index (χ0v) is 30.4. The lowest BCUT2D eigenvalue weighted by Crippen LogP contribution is -2.10. The van der Waals surface area contributed by atoms with Gasteiger partial charge in [0.25, 0.3) is 0 Å². The van der Waals surface area contributed by atoms with E-state index >= 15 is 0 Å². The van der Waals surface area contributed by atoms with Gasteiger partial charge in [0, 0.05) is 31.5 Å². The quantitative estimate of drug-likeness (QED) is 0.160. The molecule has 0 saturated heterocycles. The van der Waals surface area contributed by atoms with Crippen molar-refractivity contribution in [3.05, 3.63) is 212 Å². The van der Waals surface area contributed by atoms with Crippen LogP contribution >= 0.6 is 11.3 Å². The summed E-state index contributed by atoms with van der Waals surface area (Å²) in [4.78, 5) is 2.43. The number of fused-ring (bicyclic) bond motifs is 4. The van der Waals surface area contributed by atoms with Crippen LogP contribution in [0.5, 0.6) is 0 Å². The normalized spacial score (nSPS) is 11.3. The highest BCUT2D eigenvalue weighted by Crippen LogP contribution is 2.45. The lowest BCUT2D eigenvalue weighted by molar-refractivity contribution is 1.30. The van der Waals surface area contributed by atoms with Gasteiger partial charge in [0.2, 0.25) is 0 Å². The van der Waals surface area contributed by atoms with Crippen LogP contribution in [0.1, 0.15) is 0 Å². The molecule has 0 unspecified atom stereocenters.